The lowest BCUT2D eigenvalue weighted by atomic mass is 10.2. The molecule has 0 bridgehead atoms. The van der Waals surface area contributed by atoms with Crippen molar-refractivity contribution < 1.29 is 9.59 Å². The first-order valence-electron chi connectivity index (χ1n) is 7.02. The zero-order chi connectivity index (χ0) is 14.5. The summed E-state index contributed by atoms with van der Waals surface area (Å²) < 4.78 is 0. The van der Waals surface area contributed by atoms with Crippen LogP contribution in [-0.2, 0) is 24.2 Å². The van der Waals surface area contributed by atoms with Crippen LogP contribution in [0.5, 0.6) is 0 Å². The molecule has 3 N–H and O–H groups in total. The average Bonchev–Trinajstić information content (AvgIpc) is 2.96. The van der Waals surface area contributed by atoms with Crippen molar-refractivity contribution in [3.05, 3.63) is 21.4 Å². The van der Waals surface area contributed by atoms with Crippen molar-refractivity contribution in [2.45, 2.75) is 45.7 Å². The molecule has 0 fully saturated rings. The van der Waals surface area contributed by atoms with E-state index in [1.807, 2.05) is 18.3 Å². The molecule has 1 aromatic heterocycles. The van der Waals surface area contributed by atoms with Gasteiger partial charge in [-0.1, -0.05) is 0 Å². The molecule has 2 rings (SSSR count). The van der Waals surface area contributed by atoms with Gasteiger partial charge in [-0.25, -0.2) is 4.79 Å². The normalized spacial score (nSPS) is 14.7. The number of rotatable bonds is 5. The Balaban J connectivity index is 1.77. The van der Waals surface area contributed by atoms with Crippen LogP contribution in [0.2, 0.25) is 0 Å². The van der Waals surface area contributed by atoms with E-state index in [4.69, 9.17) is 0 Å². The number of hydrogen-bond donors (Lipinski definition) is 3. The maximum Gasteiger partial charge on any atom is 0.321 e. The van der Waals surface area contributed by atoms with Crippen LogP contribution in [0.3, 0.4) is 0 Å². The van der Waals surface area contributed by atoms with Gasteiger partial charge in [0.05, 0.1) is 6.04 Å². The minimum atomic E-state index is -0.443. The molecule has 1 atom stereocenters. The predicted octanol–water partition coefficient (Wildman–Crippen LogP) is 1.56. The van der Waals surface area contributed by atoms with Gasteiger partial charge < -0.3 is 10.6 Å². The summed E-state index contributed by atoms with van der Waals surface area (Å²) in [6.45, 7) is 4.74. The summed E-state index contributed by atoms with van der Waals surface area (Å²) in [4.78, 5) is 25.8. The number of carbonyl (C=O) groups is 2. The number of amides is 3. The predicted molar refractivity (Wildman–Crippen MR) is 79.9 cm³/mol. The summed E-state index contributed by atoms with van der Waals surface area (Å²) in [6, 6.07) is 1.39. The zero-order valence-corrected chi connectivity index (χ0v) is 12.7. The van der Waals surface area contributed by atoms with E-state index in [1.165, 1.54) is 34.6 Å². The summed E-state index contributed by atoms with van der Waals surface area (Å²) in [5, 5.41) is 8.00. The Kier molecular flexibility index (Phi) is 5.14. The van der Waals surface area contributed by atoms with Gasteiger partial charge in [0.25, 0.3) is 0 Å². The van der Waals surface area contributed by atoms with Crippen LogP contribution in [0.4, 0.5) is 4.79 Å². The maximum atomic E-state index is 11.8. The van der Waals surface area contributed by atoms with Gasteiger partial charge >= 0.3 is 6.03 Å². The van der Waals surface area contributed by atoms with Crippen LogP contribution in [0, 0.1) is 0 Å². The van der Waals surface area contributed by atoms with E-state index in [1.54, 1.807) is 6.92 Å². The van der Waals surface area contributed by atoms with E-state index in [-0.39, 0.29) is 5.91 Å². The van der Waals surface area contributed by atoms with Crippen molar-refractivity contribution in [1.82, 2.24) is 16.0 Å². The fourth-order valence-corrected chi connectivity index (χ4v) is 3.46. The summed E-state index contributed by atoms with van der Waals surface area (Å²) in [5.41, 5.74) is 1.46. The van der Waals surface area contributed by atoms with Gasteiger partial charge in [-0.05, 0) is 44.7 Å². The van der Waals surface area contributed by atoms with Gasteiger partial charge in [0.2, 0.25) is 5.91 Å². The molecule has 6 heteroatoms. The Morgan fingerprint density at radius 1 is 1.40 bits per heavy atom. The lowest BCUT2D eigenvalue weighted by Crippen LogP contribution is -2.47. The fourth-order valence-electron chi connectivity index (χ4n) is 2.25. The number of carbonyl (C=O) groups excluding carboxylic acids is 2. The van der Waals surface area contributed by atoms with E-state index in [0.717, 1.165) is 0 Å². The number of aryl methyl sites for hydroxylation is 2. The minimum absolute atomic E-state index is 0.306. The molecular formula is C14H21N3O2S. The van der Waals surface area contributed by atoms with Crippen LogP contribution < -0.4 is 16.0 Å². The minimum Gasteiger partial charge on any atom is -0.338 e. The second kappa shape index (κ2) is 6.85. The first-order valence-corrected chi connectivity index (χ1v) is 7.84. The van der Waals surface area contributed by atoms with Crippen molar-refractivity contribution in [3.8, 4) is 0 Å². The highest BCUT2D eigenvalue weighted by Crippen LogP contribution is 2.30. The number of thiophene rings is 1. The first-order chi connectivity index (χ1) is 9.60. The molecule has 0 aliphatic heterocycles. The lowest BCUT2D eigenvalue weighted by Gasteiger charge is -2.12. The SMILES string of the molecule is CCNC(=O)NC(=O)C(C)NCc1cc2c(s1)CCC2. The van der Waals surface area contributed by atoms with Crippen LogP contribution in [0.25, 0.3) is 0 Å². The molecule has 0 spiro atoms. The molecule has 1 aliphatic carbocycles. The molecule has 1 unspecified atom stereocenters. The van der Waals surface area contributed by atoms with Crippen LogP contribution >= 0.6 is 11.3 Å². The Labute approximate surface area is 123 Å². The van der Waals surface area contributed by atoms with Crippen molar-refractivity contribution >= 4 is 23.3 Å². The highest BCUT2D eigenvalue weighted by atomic mass is 32.1. The third-order valence-corrected chi connectivity index (χ3v) is 4.58. The molecule has 1 heterocycles. The highest BCUT2D eigenvalue weighted by Gasteiger charge is 2.17. The molecule has 0 saturated heterocycles. The van der Waals surface area contributed by atoms with E-state index >= 15 is 0 Å². The van der Waals surface area contributed by atoms with Gasteiger partial charge in [0, 0.05) is 22.8 Å². The number of fused-ring (bicyclic) bond motifs is 1. The average molecular weight is 295 g/mol. The quantitative estimate of drug-likeness (QED) is 0.772. The molecule has 0 saturated carbocycles. The fraction of sp³-hybridized carbons (Fsp3) is 0.571. The maximum absolute atomic E-state index is 11.8. The summed E-state index contributed by atoms with van der Waals surface area (Å²) in [5.74, 6) is -0.306. The van der Waals surface area contributed by atoms with Crippen LogP contribution in [0.15, 0.2) is 6.07 Å². The highest BCUT2D eigenvalue weighted by molar-refractivity contribution is 7.12. The second-order valence-corrected chi connectivity index (χ2v) is 6.19. The Hall–Kier alpha value is -1.40. The Bertz CT molecular complexity index is 477. The number of urea groups is 1. The summed E-state index contributed by atoms with van der Waals surface area (Å²) in [6.07, 6.45) is 3.63. The van der Waals surface area contributed by atoms with Gasteiger partial charge in [-0.15, -0.1) is 11.3 Å². The molecule has 3 amide bonds. The molecule has 1 aliphatic rings. The molecule has 0 aromatic carbocycles. The number of nitrogens with one attached hydrogen (secondary N) is 3. The monoisotopic (exact) mass is 295 g/mol. The molecule has 5 nitrogen and oxygen atoms in total. The molecule has 20 heavy (non-hydrogen) atoms. The van der Waals surface area contributed by atoms with Crippen molar-refractivity contribution in [2.24, 2.45) is 0 Å². The third-order valence-electron chi connectivity index (χ3n) is 3.35. The van der Waals surface area contributed by atoms with E-state index in [9.17, 15) is 9.59 Å². The first kappa shape index (κ1) is 15.0. The smallest absolute Gasteiger partial charge is 0.321 e. The molecular weight excluding hydrogens is 274 g/mol. The third kappa shape index (κ3) is 3.80. The van der Waals surface area contributed by atoms with Gasteiger partial charge in [0.15, 0.2) is 0 Å². The van der Waals surface area contributed by atoms with E-state index in [0.29, 0.717) is 13.1 Å². The summed E-state index contributed by atoms with van der Waals surface area (Å²) in [7, 11) is 0. The van der Waals surface area contributed by atoms with Crippen molar-refractivity contribution in [2.75, 3.05) is 6.54 Å². The Morgan fingerprint density at radius 3 is 2.90 bits per heavy atom. The van der Waals surface area contributed by atoms with Crippen molar-refractivity contribution in [1.29, 1.82) is 0 Å². The Morgan fingerprint density at radius 2 is 2.20 bits per heavy atom. The van der Waals surface area contributed by atoms with Gasteiger partial charge in [-0.3, -0.25) is 10.1 Å². The zero-order valence-electron chi connectivity index (χ0n) is 11.9. The lowest BCUT2D eigenvalue weighted by molar-refractivity contribution is -0.121. The summed E-state index contributed by atoms with van der Waals surface area (Å²) >= 11 is 1.82. The number of imide groups is 1. The molecule has 0 radical (unpaired) electrons. The van der Waals surface area contributed by atoms with Crippen LogP contribution in [-0.4, -0.2) is 24.5 Å². The van der Waals surface area contributed by atoms with E-state index < -0.39 is 12.1 Å². The van der Waals surface area contributed by atoms with Gasteiger partial charge in [-0.2, -0.15) is 0 Å². The van der Waals surface area contributed by atoms with E-state index in [2.05, 4.69) is 22.0 Å². The second-order valence-electron chi connectivity index (χ2n) is 4.97. The topological polar surface area (TPSA) is 70.2 Å². The molecule has 1 aromatic rings. The standard InChI is InChI=1S/C14H21N3O2S/c1-3-15-14(19)17-13(18)9(2)16-8-11-7-10-5-4-6-12(10)20-11/h7,9,16H,3-6,8H2,1-2H3,(H2,15,17,18,19). The van der Waals surface area contributed by atoms with Gasteiger partial charge in [0.1, 0.15) is 0 Å². The molecule has 110 valence electrons. The van der Waals surface area contributed by atoms with Crippen molar-refractivity contribution in [3.63, 3.8) is 0 Å². The largest absolute Gasteiger partial charge is 0.338 e. The van der Waals surface area contributed by atoms with Crippen LogP contribution in [0.1, 0.15) is 35.6 Å². The number of hydrogen-bond acceptors (Lipinski definition) is 4.